The van der Waals surface area contributed by atoms with Crippen LogP contribution in [0, 0.1) is 0 Å². The van der Waals surface area contributed by atoms with Gasteiger partial charge in [0.15, 0.2) is 0 Å². The first-order valence-corrected chi connectivity index (χ1v) is 6.52. The predicted molar refractivity (Wildman–Crippen MR) is 75.8 cm³/mol. The number of benzene rings is 1. The minimum atomic E-state index is 0.260. The molecular weight excluding hydrogens is 244 g/mol. The van der Waals surface area contributed by atoms with Gasteiger partial charge in [0.25, 0.3) is 0 Å². The van der Waals surface area contributed by atoms with Crippen LogP contribution in [0.25, 0.3) is 0 Å². The highest BCUT2D eigenvalue weighted by molar-refractivity contribution is 6.31. The van der Waals surface area contributed by atoms with Gasteiger partial charge in [-0.15, -0.1) is 0 Å². The number of rotatable bonds is 5. The van der Waals surface area contributed by atoms with Crippen molar-refractivity contribution in [3.63, 3.8) is 0 Å². The molecule has 2 nitrogen and oxygen atoms in total. The largest absolute Gasteiger partial charge is 0.310 e. The Bertz CT molecular complexity index is 485. The average molecular weight is 261 g/mol. The lowest BCUT2D eigenvalue weighted by atomic mass is 10.1. The molecule has 1 aromatic heterocycles. The van der Waals surface area contributed by atoms with Crippen LogP contribution in [0.3, 0.4) is 0 Å². The van der Waals surface area contributed by atoms with E-state index in [2.05, 4.69) is 29.4 Å². The molecule has 0 aliphatic heterocycles. The van der Waals surface area contributed by atoms with Crippen LogP contribution in [0.5, 0.6) is 0 Å². The lowest BCUT2D eigenvalue weighted by Crippen LogP contribution is -2.21. The third-order valence-electron chi connectivity index (χ3n) is 2.96. The molecule has 3 heteroatoms. The van der Waals surface area contributed by atoms with Gasteiger partial charge >= 0.3 is 0 Å². The molecule has 1 aromatic carbocycles. The van der Waals surface area contributed by atoms with Crippen molar-refractivity contribution in [2.45, 2.75) is 19.4 Å². The topological polar surface area (TPSA) is 24.9 Å². The fraction of sp³-hybridized carbons (Fsp3) is 0.267. The first-order valence-electron chi connectivity index (χ1n) is 6.14. The fourth-order valence-corrected chi connectivity index (χ4v) is 2.21. The molecule has 0 unspecified atom stereocenters. The van der Waals surface area contributed by atoms with E-state index in [0.717, 1.165) is 23.6 Å². The van der Waals surface area contributed by atoms with Crippen molar-refractivity contribution in [2.75, 3.05) is 6.54 Å². The Morgan fingerprint density at radius 2 is 2.06 bits per heavy atom. The summed E-state index contributed by atoms with van der Waals surface area (Å²) < 4.78 is 0. The van der Waals surface area contributed by atoms with Crippen LogP contribution < -0.4 is 5.32 Å². The van der Waals surface area contributed by atoms with E-state index in [9.17, 15) is 0 Å². The quantitative estimate of drug-likeness (QED) is 0.888. The Morgan fingerprint density at radius 1 is 1.22 bits per heavy atom. The highest BCUT2D eigenvalue weighted by Crippen LogP contribution is 2.21. The lowest BCUT2D eigenvalue weighted by Gasteiger charge is -2.15. The van der Waals surface area contributed by atoms with Crippen molar-refractivity contribution in [3.05, 3.63) is 64.9 Å². The van der Waals surface area contributed by atoms with Gasteiger partial charge in [0.2, 0.25) is 0 Å². The van der Waals surface area contributed by atoms with Gasteiger partial charge in [-0.1, -0.05) is 35.9 Å². The minimum absolute atomic E-state index is 0.260. The zero-order valence-corrected chi connectivity index (χ0v) is 11.2. The van der Waals surface area contributed by atoms with Crippen molar-refractivity contribution in [1.29, 1.82) is 0 Å². The molecule has 94 valence electrons. The maximum Gasteiger partial charge on any atom is 0.0453 e. The number of nitrogens with one attached hydrogen (secondary N) is 1. The summed E-state index contributed by atoms with van der Waals surface area (Å²) in [4.78, 5) is 4.11. The number of nitrogens with zero attached hydrogens (tertiary/aromatic N) is 1. The first kappa shape index (κ1) is 13.1. The van der Waals surface area contributed by atoms with E-state index in [1.54, 1.807) is 6.20 Å². The number of hydrogen-bond acceptors (Lipinski definition) is 2. The van der Waals surface area contributed by atoms with E-state index >= 15 is 0 Å². The van der Waals surface area contributed by atoms with Crippen molar-refractivity contribution < 1.29 is 0 Å². The smallest absolute Gasteiger partial charge is 0.0453 e. The van der Waals surface area contributed by atoms with E-state index in [1.165, 1.54) is 5.56 Å². The summed E-state index contributed by atoms with van der Waals surface area (Å²) >= 11 is 6.17. The van der Waals surface area contributed by atoms with Crippen LogP contribution in [0.15, 0.2) is 48.8 Å². The number of halogens is 1. The molecular formula is C15H17ClN2. The van der Waals surface area contributed by atoms with Crippen LogP contribution >= 0.6 is 11.6 Å². The van der Waals surface area contributed by atoms with Gasteiger partial charge in [-0.05, 0) is 43.1 Å². The first-order chi connectivity index (χ1) is 8.77. The molecule has 0 aliphatic rings. The summed E-state index contributed by atoms with van der Waals surface area (Å²) in [5, 5.41) is 4.29. The fourth-order valence-electron chi connectivity index (χ4n) is 1.92. The van der Waals surface area contributed by atoms with Crippen LogP contribution in [-0.2, 0) is 6.42 Å². The molecule has 0 saturated carbocycles. The predicted octanol–water partition coefficient (Wildman–Crippen LogP) is 3.63. The Kier molecular flexibility index (Phi) is 4.73. The molecule has 18 heavy (non-hydrogen) atoms. The molecule has 1 atom stereocenters. The molecule has 0 aliphatic carbocycles. The van der Waals surface area contributed by atoms with Crippen molar-refractivity contribution >= 4 is 11.6 Å². The third kappa shape index (κ3) is 3.56. The molecule has 0 amide bonds. The van der Waals surface area contributed by atoms with Crippen LogP contribution in [0.2, 0.25) is 5.02 Å². The van der Waals surface area contributed by atoms with Gasteiger partial charge in [0.1, 0.15) is 0 Å². The summed E-state index contributed by atoms with van der Waals surface area (Å²) in [6.45, 7) is 3.04. The molecule has 1 N–H and O–H groups in total. The van der Waals surface area contributed by atoms with Gasteiger partial charge in [0.05, 0.1) is 0 Å². The van der Waals surface area contributed by atoms with Crippen molar-refractivity contribution in [3.8, 4) is 0 Å². The second kappa shape index (κ2) is 6.53. The molecule has 2 aromatic rings. The molecule has 0 radical (unpaired) electrons. The second-order valence-electron chi connectivity index (χ2n) is 4.31. The zero-order valence-electron chi connectivity index (χ0n) is 10.4. The SMILES string of the molecule is C[C@H](NCCc1cccnc1)c1ccccc1Cl. The van der Waals surface area contributed by atoms with Gasteiger partial charge in [0, 0.05) is 23.5 Å². The molecule has 0 spiro atoms. The van der Waals surface area contributed by atoms with Crippen molar-refractivity contribution in [1.82, 2.24) is 10.3 Å². The Hall–Kier alpha value is -1.38. The summed E-state index contributed by atoms with van der Waals surface area (Å²) in [6, 6.07) is 12.3. The van der Waals surface area contributed by atoms with Gasteiger partial charge in [-0.25, -0.2) is 0 Å². The highest BCUT2D eigenvalue weighted by Gasteiger charge is 2.07. The molecule has 2 rings (SSSR count). The van der Waals surface area contributed by atoms with E-state index in [-0.39, 0.29) is 6.04 Å². The summed E-state index contributed by atoms with van der Waals surface area (Å²) in [7, 11) is 0. The Morgan fingerprint density at radius 3 is 2.78 bits per heavy atom. The third-order valence-corrected chi connectivity index (χ3v) is 3.30. The maximum atomic E-state index is 6.17. The van der Waals surface area contributed by atoms with Crippen molar-refractivity contribution in [2.24, 2.45) is 0 Å². The molecule has 0 bridgehead atoms. The normalized spacial score (nSPS) is 12.3. The highest BCUT2D eigenvalue weighted by atomic mass is 35.5. The van der Waals surface area contributed by atoms with Crippen LogP contribution in [0.1, 0.15) is 24.1 Å². The van der Waals surface area contributed by atoms with Crippen LogP contribution in [0.4, 0.5) is 0 Å². The Labute approximate surface area is 113 Å². The number of aromatic nitrogens is 1. The average Bonchev–Trinajstić information content (AvgIpc) is 2.40. The van der Waals surface area contributed by atoms with Crippen LogP contribution in [-0.4, -0.2) is 11.5 Å². The maximum absolute atomic E-state index is 6.17. The minimum Gasteiger partial charge on any atom is -0.310 e. The lowest BCUT2D eigenvalue weighted by molar-refractivity contribution is 0.576. The summed E-state index contributed by atoms with van der Waals surface area (Å²) in [5.41, 5.74) is 2.39. The van der Waals surface area contributed by atoms with Gasteiger partial charge in [-0.2, -0.15) is 0 Å². The van der Waals surface area contributed by atoms with E-state index in [4.69, 9.17) is 11.6 Å². The van der Waals surface area contributed by atoms with E-state index in [0.29, 0.717) is 0 Å². The number of pyridine rings is 1. The Balaban J connectivity index is 1.86. The van der Waals surface area contributed by atoms with E-state index < -0.39 is 0 Å². The number of hydrogen-bond donors (Lipinski definition) is 1. The monoisotopic (exact) mass is 260 g/mol. The summed E-state index contributed by atoms with van der Waals surface area (Å²) in [5.74, 6) is 0. The van der Waals surface area contributed by atoms with E-state index in [1.807, 2.05) is 30.5 Å². The summed E-state index contributed by atoms with van der Waals surface area (Å²) in [6.07, 6.45) is 4.67. The standard InChI is InChI=1S/C15H17ClN2/c1-12(14-6-2-3-7-15(14)16)18-10-8-13-5-4-9-17-11-13/h2-7,9,11-12,18H,8,10H2,1H3/t12-/m0/s1. The van der Waals surface area contributed by atoms with Gasteiger partial charge < -0.3 is 5.32 Å². The molecule has 0 fully saturated rings. The molecule has 1 heterocycles. The second-order valence-corrected chi connectivity index (χ2v) is 4.72. The van der Waals surface area contributed by atoms with Gasteiger partial charge in [-0.3, -0.25) is 4.98 Å². The zero-order chi connectivity index (χ0) is 12.8. The molecule has 0 saturated heterocycles.